The zero-order valence-corrected chi connectivity index (χ0v) is 19.1. The number of hydrogen-bond donors (Lipinski definition) is 1. The van der Waals surface area contributed by atoms with Gasteiger partial charge >= 0.3 is 0 Å². The average molecular weight is 469 g/mol. The summed E-state index contributed by atoms with van der Waals surface area (Å²) in [6.45, 7) is 0. The molecule has 1 aromatic heterocycles. The lowest BCUT2D eigenvalue weighted by molar-refractivity contribution is 0.0952. The summed E-state index contributed by atoms with van der Waals surface area (Å²) < 4.78 is 17.0. The van der Waals surface area contributed by atoms with Gasteiger partial charge in [0.25, 0.3) is 5.91 Å². The van der Waals surface area contributed by atoms with Gasteiger partial charge in [-0.05, 0) is 60.0 Å². The van der Waals surface area contributed by atoms with Crippen LogP contribution in [0, 0.1) is 0 Å². The largest absolute Gasteiger partial charge is 0.493 e. The molecule has 1 amide bonds. The molecule has 1 fully saturated rings. The highest BCUT2D eigenvalue weighted by Gasteiger charge is 2.24. The van der Waals surface area contributed by atoms with E-state index in [1.165, 1.54) is 0 Å². The van der Waals surface area contributed by atoms with Crippen LogP contribution in [0.3, 0.4) is 0 Å². The molecular weight excluding hydrogens is 444 g/mol. The number of ether oxygens (including phenoxy) is 3. The van der Waals surface area contributed by atoms with Crippen LogP contribution in [0.1, 0.15) is 23.2 Å². The number of nitrogens with zero attached hydrogens (tertiary/aromatic N) is 1. The molecule has 0 unspecified atom stereocenters. The van der Waals surface area contributed by atoms with Crippen molar-refractivity contribution in [2.24, 2.45) is 0 Å². The van der Waals surface area contributed by atoms with Gasteiger partial charge in [-0.2, -0.15) is 0 Å². The van der Waals surface area contributed by atoms with Crippen LogP contribution in [0.4, 0.5) is 0 Å². The van der Waals surface area contributed by atoms with E-state index in [-0.39, 0.29) is 23.8 Å². The Labute approximate surface area is 197 Å². The van der Waals surface area contributed by atoms with Gasteiger partial charge in [0.1, 0.15) is 11.5 Å². The van der Waals surface area contributed by atoms with Gasteiger partial charge in [0, 0.05) is 29.3 Å². The Bertz CT molecular complexity index is 1310. The summed E-state index contributed by atoms with van der Waals surface area (Å²) >= 11 is 0. The van der Waals surface area contributed by atoms with E-state index in [2.05, 4.69) is 10.3 Å². The zero-order chi connectivity index (χ0) is 21.4. The van der Waals surface area contributed by atoms with E-state index in [1.54, 1.807) is 20.4 Å². The van der Waals surface area contributed by atoms with Crippen molar-refractivity contribution >= 4 is 40.0 Å². The minimum absolute atomic E-state index is 0. The molecule has 3 N–H and O–H groups in total. The van der Waals surface area contributed by atoms with E-state index in [0.717, 1.165) is 34.5 Å². The molecule has 8 heteroatoms. The second kappa shape index (κ2) is 9.94. The molecule has 0 saturated heterocycles. The third kappa shape index (κ3) is 4.79. The predicted molar refractivity (Wildman–Crippen MR) is 130 cm³/mol. The van der Waals surface area contributed by atoms with Gasteiger partial charge in [-0.25, -0.2) is 0 Å². The summed E-state index contributed by atoms with van der Waals surface area (Å²) in [7, 11) is 3.19. The first-order valence-electron chi connectivity index (χ1n) is 10.2. The molecule has 3 aromatic carbocycles. The van der Waals surface area contributed by atoms with Crippen LogP contribution >= 0.6 is 12.4 Å². The van der Waals surface area contributed by atoms with Crippen molar-refractivity contribution in [3.05, 3.63) is 66.4 Å². The number of benzene rings is 3. The van der Waals surface area contributed by atoms with Crippen molar-refractivity contribution in [1.29, 1.82) is 0 Å². The summed E-state index contributed by atoms with van der Waals surface area (Å²) in [6, 6.07) is 17.3. The van der Waals surface area contributed by atoms with E-state index in [9.17, 15) is 4.79 Å². The van der Waals surface area contributed by atoms with Crippen molar-refractivity contribution in [2.45, 2.75) is 18.9 Å². The maximum Gasteiger partial charge on any atom is 0.252 e. The van der Waals surface area contributed by atoms with Gasteiger partial charge < -0.3 is 25.0 Å². The minimum atomic E-state index is -0.0251. The number of halogens is 1. The van der Waals surface area contributed by atoms with Crippen LogP contribution in [0.5, 0.6) is 23.0 Å². The molecule has 1 heterocycles. The van der Waals surface area contributed by atoms with Crippen LogP contribution < -0.4 is 19.5 Å². The van der Waals surface area contributed by atoms with Gasteiger partial charge in [-0.1, -0.05) is 12.1 Å². The summed E-state index contributed by atoms with van der Waals surface area (Å²) in [5, 5.41) is 5.72. The minimum Gasteiger partial charge on any atom is -0.493 e. The lowest BCUT2D eigenvalue weighted by Crippen LogP contribution is -2.25. The Balaban J connectivity index is 0.00000153. The standard InChI is InChI=1S/C25H22N2O4.ClH.H2O/c1-29-23-13-20-21(14-24(23)30-2)26-11-10-22(20)31-17-8-9-18-15(12-17)4-3-5-19(18)25(28)27-16-6-7-16;;/h3-5,8-14,16H,6-7H2,1-2H3,(H,27,28);1H;1H2. The number of amides is 1. The molecule has 4 aromatic rings. The van der Waals surface area contributed by atoms with E-state index >= 15 is 0 Å². The molecule has 0 spiro atoms. The van der Waals surface area contributed by atoms with Gasteiger partial charge in [-0.3, -0.25) is 9.78 Å². The van der Waals surface area contributed by atoms with Crippen LogP contribution in [0.15, 0.2) is 60.8 Å². The number of hydrogen-bond acceptors (Lipinski definition) is 5. The summed E-state index contributed by atoms with van der Waals surface area (Å²) in [4.78, 5) is 17.0. The number of carbonyl (C=O) groups excluding carboxylic acids is 1. The Morgan fingerprint density at radius 3 is 2.42 bits per heavy atom. The Kier molecular flexibility index (Phi) is 7.26. The third-order valence-electron chi connectivity index (χ3n) is 5.44. The molecule has 33 heavy (non-hydrogen) atoms. The molecule has 0 bridgehead atoms. The normalized spacial score (nSPS) is 12.4. The number of fused-ring (bicyclic) bond motifs is 2. The fraction of sp³-hybridized carbons (Fsp3) is 0.200. The molecule has 172 valence electrons. The fourth-order valence-electron chi connectivity index (χ4n) is 3.68. The molecule has 5 rings (SSSR count). The van der Waals surface area contributed by atoms with Crippen LogP contribution in [-0.4, -0.2) is 36.6 Å². The van der Waals surface area contributed by atoms with E-state index in [1.807, 2.05) is 54.6 Å². The van der Waals surface area contributed by atoms with Crippen LogP contribution in [-0.2, 0) is 0 Å². The van der Waals surface area contributed by atoms with Gasteiger partial charge in [-0.15, -0.1) is 12.4 Å². The van der Waals surface area contributed by atoms with Gasteiger partial charge in [0.05, 0.1) is 19.7 Å². The van der Waals surface area contributed by atoms with Crippen molar-refractivity contribution < 1.29 is 24.5 Å². The second-order valence-corrected chi connectivity index (χ2v) is 7.57. The smallest absolute Gasteiger partial charge is 0.252 e. The highest BCUT2D eigenvalue weighted by Crippen LogP contribution is 2.37. The first-order chi connectivity index (χ1) is 15.2. The van der Waals surface area contributed by atoms with E-state index in [0.29, 0.717) is 34.6 Å². The number of pyridine rings is 1. The summed E-state index contributed by atoms with van der Waals surface area (Å²) in [5.74, 6) is 2.53. The Hall–Kier alpha value is -3.55. The molecule has 7 nitrogen and oxygen atoms in total. The van der Waals surface area contributed by atoms with Crippen molar-refractivity contribution in [3.8, 4) is 23.0 Å². The molecule has 1 saturated carbocycles. The van der Waals surface area contributed by atoms with Gasteiger partial charge in [0.15, 0.2) is 11.5 Å². The Morgan fingerprint density at radius 2 is 1.70 bits per heavy atom. The molecule has 0 atom stereocenters. The monoisotopic (exact) mass is 468 g/mol. The molecule has 0 radical (unpaired) electrons. The highest BCUT2D eigenvalue weighted by atomic mass is 35.5. The maximum absolute atomic E-state index is 12.6. The molecule has 1 aliphatic carbocycles. The van der Waals surface area contributed by atoms with E-state index in [4.69, 9.17) is 14.2 Å². The van der Waals surface area contributed by atoms with Crippen molar-refractivity contribution in [2.75, 3.05) is 14.2 Å². The number of rotatable bonds is 6. The quantitative estimate of drug-likeness (QED) is 0.442. The highest BCUT2D eigenvalue weighted by molar-refractivity contribution is 6.07. The number of aromatic nitrogens is 1. The number of carbonyl (C=O) groups is 1. The lowest BCUT2D eigenvalue weighted by atomic mass is 10.0. The molecule has 0 aliphatic heterocycles. The first kappa shape index (κ1) is 24.1. The van der Waals surface area contributed by atoms with Crippen LogP contribution in [0.2, 0.25) is 0 Å². The zero-order valence-electron chi connectivity index (χ0n) is 18.3. The molecular formula is C25H25ClN2O5. The summed E-state index contributed by atoms with van der Waals surface area (Å²) in [5.41, 5.74) is 1.43. The van der Waals surface area contributed by atoms with Crippen molar-refractivity contribution in [1.82, 2.24) is 10.3 Å². The topological polar surface area (TPSA) is 101 Å². The summed E-state index contributed by atoms with van der Waals surface area (Å²) in [6.07, 6.45) is 3.82. The van der Waals surface area contributed by atoms with E-state index < -0.39 is 0 Å². The number of methoxy groups -OCH3 is 2. The predicted octanol–water partition coefficient (Wildman–Crippen LogP) is 4.69. The fourth-order valence-corrected chi connectivity index (χ4v) is 3.68. The van der Waals surface area contributed by atoms with Gasteiger partial charge in [0.2, 0.25) is 0 Å². The van der Waals surface area contributed by atoms with Crippen molar-refractivity contribution in [3.63, 3.8) is 0 Å². The first-order valence-corrected chi connectivity index (χ1v) is 10.2. The number of nitrogens with one attached hydrogen (secondary N) is 1. The lowest BCUT2D eigenvalue weighted by Gasteiger charge is -2.13. The second-order valence-electron chi connectivity index (χ2n) is 7.57. The SMILES string of the molecule is COc1cc2nccc(Oc3ccc4c(C(=O)NC5CC5)cccc4c3)c2cc1OC.Cl.O. The molecule has 1 aliphatic rings. The third-order valence-corrected chi connectivity index (χ3v) is 5.44. The van der Waals surface area contributed by atoms with Crippen LogP contribution in [0.25, 0.3) is 21.7 Å². The average Bonchev–Trinajstić information content (AvgIpc) is 3.61. The maximum atomic E-state index is 12.6. The Morgan fingerprint density at radius 1 is 0.939 bits per heavy atom.